The van der Waals surface area contributed by atoms with E-state index in [1.165, 1.54) is 0 Å². The molecule has 0 amide bonds. The molecule has 0 aromatic rings. The highest BCUT2D eigenvalue weighted by Crippen LogP contribution is 2.19. The minimum absolute atomic E-state index is 0. The number of nitrogens with one attached hydrogen (secondary N) is 2. The molecule has 2 unspecified atom stereocenters. The lowest BCUT2D eigenvalue weighted by molar-refractivity contribution is 0.265. The van der Waals surface area contributed by atoms with E-state index in [1.807, 2.05) is 6.92 Å². The molecular weight excluding hydrogens is 274 g/mol. The van der Waals surface area contributed by atoms with Gasteiger partial charge in [0.15, 0.2) is 0 Å². The van der Waals surface area contributed by atoms with Crippen LogP contribution in [0.3, 0.4) is 0 Å². The van der Waals surface area contributed by atoms with Crippen molar-refractivity contribution in [1.29, 1.82) is 0 Å². The van der Waals surface area contributed by atoms with Crippen LogP contribution in [-0.4, -0.2) is 44.4 Å². The molecule has 0 saturated carbocycles. The first kappa shape index (κ1) is 16.2. The molecule has 2 fully saturated rings. The van der Waals surface area contributed by atoms with Gasteiger partial charge in [0.05, 0.1) is 0 Å². The van der Waals surface area contributed by atoms with E-state index >= 15 is 0 Å². The van der Waals surface area contributed by atoms with Crippen LogP contribution >= 0.6 is 12.4 Å². The Morgan fingerprint density at radius 3 is 2.67 bits per heavy atom. The van der Waals surface area contributed by atoms with Crippen LogP contribution in [0.15, 0.2) is 0 Å². The molecule has 2 saturated heterocycles. The van der Waals surface area contributed by atoms with Crippen molar-refractivity contribution in [2.45, 2.75) is 51.1 Å². The standard InChI is InChI=1S/C11H23N3O2S.ClH/c1-10-5-2-3-8-14(10)17(15,16)13-9-11-6-4-7-12-11;/h10-13H,2-9H2,1H3;1H. The van der Waals surface area contributed by atoms with E-state index in [9.17, 15) is 8.42 Å². The van der Waals surface area contributed by atoms with Gasteiger partial charge in [0.2, 0.25) is 0 Å². The molecule has 0 spiro atoms. The van der Waals surface area contributed by atoms with Gasteiger partial charge in [-0.2, -0.15) is 12.7 Å². The summed E-state index contributed by atoms with van der Waals surface area (Å²) in [4.78, 5) is 0. The fraction of sp³-hybridized carbons (Fsp3) is 1.00. The van der Waals surface area contributed by atoms with E-state index < -0.39 is 10.2 Å². The van der Waals surface area contributed by atoms with Gasteiger partial charge >= 0.3 is 0 Å². The van der Waals surface area contributed by atoms with Crippen molar-refractivity contribution in [3.05, 3.63) is 0 Å². The highest BCUT2D eigenvalue weighted by Gasteiger charge is 2.29. The maximum Gasteiger partial charge on any atom is 0.279 e. The fourth-order valence-corrected chi connectivity index (χ4v) is 4.17. The summed E-state index contributed by atoms with van der Waals surface area (Å²) >= 11 is 0. The average molecular weight is 298 g/mol. The third-order valence-electron chi connectivity index (χ3n) is 3.73. The van der Waals surface area contributed by atoms with Gasteiger partial charge in [-0.05, 0) is 39.2 Å². The summed E-state index contributed by atoms with van der Waals surface area (Å²) < 4.78 is 28.6. The van der Waals surface area contributed by atoms with Crippen LogP contribution in [0.4, 0.5) is 0 Å². The van der Waals surface area contributed by atoms with Crippen molar-refractivity contribution in [1.82, 2.24) is 14.3 Å². The Bertz CT molecular complexity index is 344. The van der Waals surface area contributed by atoms with Crippen LogP contribution in [0.5, 0.6) is 0 Å². The van der Waals surface area contributed by atoms with Gasteiger partial charge in [-0.15, -0.1) is 12.4 Å². The SMILES string of the molecule is CC1CCCCN1S(=O)(=O)NCC1CCCN1.Cl. The van der Waals surface area contributed by atoms with Crippen molar-refractivity contribution >= 4 is 22.6 Å². The molecule has 2 N–H and O–H groups in total. The van der Waals surface area contributed by atoms with Crippen molar-refractivity contribution in [2.24, 2.45) is 0 Å². The van der Waals surface area contributed by atoms with Crippen LogP contribution in [0.2, 0.25) is 0 Å². The Morgan fingerprint density at radius 1 is 1.28 bits per heavy atom. The zero-order valence-corrected chi connectivity index (χ0v) is 12.5. The van der Waals surface area contributed by atoms with Crippen molar-refractivity contribution in [2.75, 3.05) is 19.6 Å². The molecule has 2 aliphatic rings. The monoisotopic (exact) mass is 297 g/mol. The minimum Gasteiger partial charge on any atom is -0.313 e. The number of hydrogen-bond donors (Lipinski definition) is 2. The second-order valence-electron chi connectivity index (χ2n) is 5.10. The summed E-state index contributed by atoms with van der Waals surface area (Å²) in [5.41, 5.74) is 0. The van der Waals surface area contributed by atoms with E-state index in [0.29, 0.717) is 19.1 Å². The first-order valence-corrected chi connectivity index (χ1v) is 8.03. The maximum atomic E-state index is 12.1. The molecule has 5 nitrogen and oxygen atoms in total. The summed E-state index contributed by atoms with van der Waals surface area (Å²) in [6.07, 6.45) is 5.30. The quantitative estimate of drug-likeness (QED) is 0.809. The van der Waals surface area contributed by atoms with Gasteiger partial charge in [-0.25, -0.2) is 4.72 Å². The number of piperidine rings is 1. The lowest BCUT2D eigenvalue weighted by Crippen LogP contribution is -2.50. The highest BCUT2D eigenvalue weighted by molar-refractivity contribution is 7.87. The Balaban J connectivity index is 0.00000162. The number of nitrogens with zero attached hydrogens (tertiary/aromatic N) is 1. The molecule has 7 heteroatoms. The van der Waals surface area contributed by atoms with Crippen LogP contribution in [-0.2, 0) is 10.2 Å². The van der Waals surface area contributed by atoms with E-state index in [-0.39, 0.29) is 18.4 Å². The fourth-order valence-electron chi connectivity index (χ4n) is 2.65. The summed E-state index contributed by atoms with van der Waals surface area (Å²) in [6.45, 7) is 4.18. The molecule has 2 heterocycles. The van der Waals surface area contributed by atoms with Crippen molar-refractivity contribution in [3.63, 3.8) is 0 Å². The second kappa shape index (κ2) is 7.05. The molecule has 0 bridgehead atoms. The lowest BCUT2D eigenvalue weighted by atomic mass is 10.1. The molecule has 2 rings (SSSR count). The minimum atomic E-state index is -3.28. The zero-order valence-electron chi connectivity index (χ0n) is 10.9. The van der Waals surface area contributed by atoms with Crippen molar-refractivity contribution < 1.29 is 8.42 Å². The molecule has 108 valence electrons. The molecule has 0 aliphatic carbocycles. The molecule has 2 atom stereocenters. The highest BCUT2D eigenvalue weighted by atomic mass is 35.5. The molecule has 2 aliphatic heterocycles. The lowest BCUT2D eigenvalue weighted by Gasteiger charge is -2.32. The van der Waals surface area contributed by atoms with E-state index in [0.717, 1.165) is 38.6 Å². The Hall–Kier alpha value is 0.120. The normalized spacial score (nSPS) is 30.1. The van der Waals surface area contributed by atoms with E-state index in [1.54, 1.807) is 4.31 Å². The van der Waals surface area contributed by atoms with Crippen LogP contribution < -0.4 is 10.0 Å². The third-order valence-corrected chi connectivity index (χ3v) is 5.42. The molecule has 0 radical (unpaired) electrons. The first-order chi connectivity index (χ1) is 8.09. The maximum absolute atomic E-state index is 12.1. The summed E-state index contributed by atoms with van der Waals surface area (Å²) in [5, 5.41) is 3.30. The summed E-state index contributed by atoms with van der Waals surface area (Å²) in [7, 11) is -3.28. The van der Waals surface area contributed by atoms with Gasteiger partial charge in [0, 0.05) is 25.2 Å². The summed E-state index contributed by atoms with van der Waals surface area (Å²) in [6, 6.07) is 0.447. The molecule has 0 aromatic carbocycles. The molecular formula is C11H24ClN3O2S. The second-order valence-corrected chi connectivity index (χ2v) is 6.81. The van der Waals surface area contributed by atoms with Gasteiger partial charge in [0.1, 0.15) is 0 Å². The number of halogens is 1. The molecule has 18 heavy (non-hydrogen) atoms. The van der Waals surface area contributed by atoms with Gasteiger partial charge in [-0.1, -0.05) is 6.42 Å². The molecule has 0 aromatic heterocycles. The summed E-state index contributed by atoms with van der Waals surface area (Å²) in [5.74, 6) is 0. The zero-order chi connectivity index (χ0) is 12.3. The average Bonchev–Trinajstić information content (AvgIpc) is 2.80. The predicted octanol–water partition coefficient (Wildman–Crippen LogP) is 0.869. The van der Waals surface area contributed by atoms with Gasteiger partial charge in [-0.3, -0.25) is 0 Å². The number of rotatable bonds is 4. The number of hydrogen-bond acceptors (Lipinski definition) is 3. The van der Waals surface area contributed by atoms with Crippen molar-refractivity contribution in [3.8, 4) is 0 Å². The van der Waals surface area contributed by atoms with Crippen LogP contribution in [0.1, 0.15) is 39.0 Å². The topological polar surface area (TPSA) is 61.4 Å². The third kappa shape index (κ3) is 4.06. The largest absolute Gasteiger partial charge is 0.313 e. The Kier molecular flexibility index (Phi) is 6.34. The Labute approximate surface area is 116 Å². The van der Waals surface area contributed by atoms with E-state index in [2.05, 4.69) is 10.0 Å². The van der Waals surface area contributed by atoms with E-state index in [4.69, 9.17) is 0 Å². The Morgan fingerprint density at radius 2 is 2.06 bits per heavy atom. The van der Waals surface area contributed by atoms with Gasteiger partial charge < -0.3 is 5.32 Å². The first-order valence-electron chi connectivity index (χ1n) is 6.59. The van der Waals surface area contributed by atoms with Crippen LogP contribution in [0, 0.1) is 0 Å². The smallest absolute Gasteiger partial charge is 0.279 e. The van der Waals surface area contributed by atoms with Gasteiger partial charge in [0.25, 0.3) is 10.2 Å². The predicted molar refractivity (Wildman–Crippen MR) is 75.2 cm³/mol. The van der Waals surface area contributed by atoms with Crippen LogP contribution in [0.25, 0.3) is 0 Å².